The van der Waals surface area contributed by atoms with E-state index >= 15 is 0 Å². The first-order chi connectivity index (χ1) is 16.4. The van der Waals surface area contributed by atoms with Gasteiger partial charge < -0.3 is 24.9 Å². The van der Waals surface area contributed by atoms with Crippen LogP contribution in [0.4, 0.5) is 5.69 Å². The summed E-state index contributed by atoms with van der Waals surface area (Å²) in [5.74, 6) is 0.213. The molecule has 1 aromatic heterocycles. The summed E-state index contributed by atoms with van der Waals surface area (Å²) in [5.41, 5.74) is 1.82. The van der Waals surface area contributed by atoms with Crippen LogP contribution in [0.15, 0.2) is 58.5 Å². The van der Waals surface area contributed by atoms with Gasteiger partial charge in [-0.1, -0.05) is 29.4 Å². The van der Waals surface area contributed by atoms with Crippen LogP contribution in [0.3, 0.4) is 0 Å². The highest BCUT2D eigenvalue weighted by Crippen LogP contribution is 2.32. The molecular weight excluding hydrogens is 442 g/mol. The first-order valence-electron chi connectivity index (χ1n) is 10.4. The van der Waals surface area contributed by atoms with Gasteiger partial charge in [-0.3, -0.25) is 19.1 Å². The van der Waals surface area contributed by atoms with E-state index in [9.17, 15) is 14.4 Å². The molecule has 3 aromatic rings. The predicted molar refractivity (Wildman–Crippen MR) is 123 cm³/mol. The van der Waals surface area contributed by atoms with Gasteiger partial charge in [-0.05, 0) is 36.8 Å². The minimum atomic E-state index is -0.660. The molecule has 176 valence electrons. The molecule has 2 heterocycles. The number of para-hydroxylation sites is 1. The Kier molecular flexibility index (Phi) is 6.62. The molecule has 1 aliphatic rings. The maximum absolute atomic E-state index is 12.8. The largest absolute Gasteiger partial charge is 0.454 e. The van der Waals surface area contributed by atoms with Crippen LogP contribution in [0, 0.1) is 6.92 Å². The molecule has 11 nitrogen and oxygen atoms in total. The number of oxime groups is 1. The van der Waals surface area contributed by atoms with E-state index in [1.165, 1.54) is 4.68 Å². The molecule has 2 N–H and O–H groups in total. The average Bonchev–Trinajstić information content (AvgIpc) is 3.39. The number of hydrogen-bond donors (Lipinski definition) is 2. The van der Waals surface area contributed by atoms with E-state index in [2.05, 4.69) is 15.8 Å². The Morgan fingerprint density at radius 3 is 2.71 bits per heavy atom. The number of fused-ring (bicyclic) bond motifs is 1. The van der Waals surface area contributed by atoms with E-state index in [0.29, 0.717) is 22.9 Å². The molecule has 0 aliphatic carbocycles. The molecule has 0 saturated carbocycles. The Morgan fingerprint density at radius 1 is 1.15 bits per heavy atom. The first-order valence-corrected chi connectivity index (χ1v) is 10.4. The molecule has 0 bridgehead atoms. The topological polar surface area (TPSA) is 125 Å². The molecule has 4 rings (SSSR count). The van der Waals surface area contributed by atoms with Crippen molar-refractivity contribution in [2.75, 3.05) is 18.7 Å². The van der Waals surface area contributed by atoms with Crippen molar-refractivity contribution in [3.8, 4) is 17.2 Å². The highest BCUT2D eigenvalue weighted by molar-refractivity contribution is 6.31. The van der Waals surface area contributed by atoms with Crippen molar-refractivity contribution in [3.63, 3.8) is 0 Å². The molecule has 0 radical (unpaired) electrons. The van der Waals surface area contributed by atoms with Gasteiger partial charge in [0, 0.05) is 13.6 Å². The number of ether oxygens (including phenoxy) is 2. The standard InChI is InChI=1S/C23H23N5O6/c1-15-22(23(31)28(27(15)2)17-6-4-3-5-7-17)26-20(29)12-25-34-13-21(30)24-11-16-8-9-18-19(10-16)33-14-32-18/h3-10,12H,11,13-14H2,1-2H3,(H,24,30)(H,26,29)/b25-12+. The highest BCUT2D eigenvalue weighted by atomic mass is 16.7. The van der Waals surface area contributed by atoms with Gasteiger partial charge in [0.1, 0.15) is 11.9 Å². The summed E-state index contributed by atoms with van der Waals surface area (Å²) >= 11 is 0. The van der Waals surface area contributed by atoms with E-state index in [0.717, 1.165) is 11.8 Å². The zero-order valence-corrected chi connectivity index (χ0v) is 18.6. The summed E-state index contributed by atoms with van der Waals surface area (Å²) in [6.07, 6.45) is 0.865. The van der Waals surface area contributed by atoms with E-state index in [1.54, 1.807) is 42.9 Å². The third-order valence-electron chi connectivity index (χ3n) is 5.17. The lowest BCUT2D eigenvalue weighted by Gasteiger charge is -2.07. The summed E-state index contributed by atoms with van der Waals surface area (Å²) in [6, 6.07) is 14.4. The van der Waals surface area contributed by atoms with Gasteiger partial charge in [0.25, 0.3) is 17.4 Å². The molecule has 0 atom stereocenters. The minimum absolute atomic E-state index is 0.129. The average molecular weight is 465 g/mol. The van der Waals surface area contributed by atoms with Gasteiger partial charge in [0.05, 0.1) is 11.4 Å². The van der Waals surface area contributed by atoms with E-state index in [4.69, 9.17) is 14.3 Å². The number of carbonyl (C=O) groups excluding carboxylic acids is 2. The zero-order valence-electron chi connectivity index (χ0n) is 18.6. The molecule has 34 heavy (non-hydrogen) atoms. The smallest absolute Gasteiger partial charge is 0.295 e. The maximum Gasteiger partial charge on any atom is 0.295 e. The van der Waals surface area contributed by atoms with Crippen LogP contribution >= 0.6 is 0 Å². The fourth-order valence-corrected chi connectivity index (χ4v) is 3.35. The van der Waals surface area contributed by atoms with Crippen molar-refractivity contribution in [2.45, 2.75) is 13.5 Å². The number of rotatable bonds is 8. The third-order valence-corrected chi connectivity index (χ3v) is 5.17. The lowest BCUT2D eigenvalue weighted by molar-refractivity contribution is -0.126. The molecule has 2 aromatic carbocycles. The Bertz CT molecular complexity index is 1300. The monoisotopic (exact) mass is 465 g/mol. The SMILES string of the molecule is Cc1c(NC(=O)/C=N/OCC(=O)NCc2ccc3c(c2)OCO3)c(=O)n(-c2ccccc2)n1C. The van der Waals surface area contributed by atoms with Gasteiger partial charge >= 0.3 is 0 Å². The summed E-state index contributed by atoms with van der Waals surface area (Å²) in [5, 5.41) is 8.70. The van der Waals surface area contributed by atoms with Crippen LogP contribution in [0.1, 0.15) is 11.3 Å². The third kappa shape index (κ3) is 4.93. The number of benzene rings is 2. The lowest BCUT2D eigenvalue weighted by Crippen LogP contribution is -2.26. The number of nitrogens with one attached hydrogen (secondary N) is 2. The summed E-state index contributed by atoms with van der Waals surface area (Å²) in [4.78, 5) is 41.8. The van der Waals surface area contributed by atoms with E-state index in [1.807, 2.05) is 24.3 Å². The van der Waals surface area contributed by atoms with Gasteiger partial charge in [-0.15, -0.1) is 0 Å². The maximum atomic E-state index is 12.8. The van der Waals surface area contributed by atoms with Crippen molar-refractivity contribution >= 4 is 23.7 Å². The van der Waals surface area contributed by atoms with Gasteiger partial charge in [0.2, 0.25) is 6.79 Å². The normalized spacial score (nSPS) is 12.1. The number of anilines is 1. The molecule has 11 heteroatoms. The van der Waals surface area contributed by atoms with E-state index in [-0.39, 0.29) is 31.2 Å². The Morgan fingerprint density at radius 2 is 1.91 bits per heavy atom. The van der Waals surface area contributed by atoms with Gasteiger partial charge in [0.15, 0.2) is 18.1 Å². The molecule has 2 amide bonds. The van der Waals surface area contributed by atoms with Crippen LogP contribution < -0.4 is 25.7 Å². The predicted octanol–water partition coefficient (Wildman–Crippen LogP) is 1.47. The second kappa shape index (κ2) is 9.94. The lowest BCUT2D eigenvalue weighted by atomic mass is 10.2. The van der Waals surface area contributed by atoms with Crippen molar-refractivity contribution in [1.29, 1.82) is 0 Å². The van der Waals surface area contributed by atoms with Crippen LogP contribution in [0.2, 0.25) is 0 Å². The highest BCUT2D eigenvalue weighted by Gasteiger charge is 2.17. The quantitative estimate of drug-likeness (QED) is 0.383. The Labute approximate surface area is 194 Å². The summed E-state index contributed by atoms with van der Waals surface area (Å²) in [6.45, 7) is 1.79. The van der Waals surface area contributed by atoms with E-state index < -0.39 is 11.8 Å². The van der Waals surface area contributed by atoms with Crippen LogP contribution in [0.5, 0.6) is 11.5 Å². The van der Waals surface area contributed by atoms with Crippen molar-refractivity contribution in [1.82, 2.24) is 14.7 Å². The summed E-state index contributed by atoms with van der Waals surface area (Å²) < 4.78 is 13.6. The Hall–Kier alpha value is -4.54. The fourth-order valence-electron chi connectivity index (χ4n) is 3.35. The molecular formula is C23H23N5O6. The Balaban J connectivity index is 1.27. The molecule has 0 saturated heterocycles. The molecule has 0 unspecified atom stereocenters. The van der Waals surface area contributed by atoms with Crippen LogP contribution in [-0.2, 0) is 28.0 Å². The van der Waals surface area contributed by atoms with Gasteiger partial charge in [-0.25, -0.2) is 4.68 Å². The van der Waals surface area contributed by atoms with Crippen molar-refractivity contribution in [3.05, 3.63) is 70.1 Å². The van der Waals surface area contributed by atoms with Gasteiger partial charge in [-0.2, -0.15) is 0 Å². The van der Waals surface area contributed by atoms with Crippen LogP contribution in [0.25, 0.3) is 5.69 Å². The second-order valence-electron chi connectivity index (χ2n) is 7.40. The number of carbonyl (C=O) groups is 2. The number of hydrogen-bond acceptors (Lipinski definition) is 7. The fraction of sp³-hybridized carbons (Fsp3) is 0.217. The first kappa shape index (κ1) is 22.6. The number of amides is 2. The summed E-state index contributed by atoms with van der Waals surface area (Å²) in [7, 11) is 1.72. The van der Waals surface area contributed by atoms with Crippen LogP contribution in [-0.4, -0.2) is 40.8 Å². The number of nitrogens with zero attached hydrogens (tertiary/aromatic N) is 3. The molecule has 0 spiro atoms. The van der Waals surface area contributed by atoms with Crippen molar-refractivity contribution < 1.29 is 23.9 Å². The number of aromatic nitrogens is 2. The second-order valence-corrected chi connectivity index (χ2v) is 7.40. The molecule has 0 fully saturated rings. The zero-order chi connectivity index (χ0) is 24.1. The van der Waals surface area contributed by atoms with Crippen molar-refractivity contribution in [2.24, 2.45) is 12.2 Å². The minimum Gasteiger partial charge on any atom is -0.454 e. The molecule has 1 aliphatic heterocycles.